The van der Waals surface area contributed by atoms with Gasteiger partial charge in [0, 0.05) is 19.5 Å². The normalized spacial score (nSPS) is 9.80. The van der Waals surface area contributed by atoms with Crippen LogP contribution in [0.5, 0.6) is 0 Å². The maximum Gasteiger partial charge on any atom is 0.235 e. The molecule has 4 nitrogen and oxygen atoms in total. The number of halogens is 2. The van der Waals surface area contributed by atoms with Gasteiger partial charge in [0.25, 0.3) is 0 Å². The van der Waals surface area contributed by atoms with Crippen LogP contribution >= 0.6 is 23.2 Å². The maximum atomic E-state index is 11.3. The highest BCUT2D eigenvalue weighted by atomic mass is 35.5. The molecule has 0 saturated carbocycles. The van der Waals surface area contributed by atoms with Crippen LogP contribution in [0.15, 0.2) is 18.7 Å². The molecule has 1 aromatic heterocycles. The Morgan fingerprint density at radius 3 is 2.47 bits per heavy atom. The van der Waals surface area contributed by atoms with E-state index in [0.29, 0.717) is 6.54 Å². The van der Waals surface area contributed by atoms with Crippen molar-refractivity contribution in [3.63, 3.8) is 0 Å². The van der Waals surface area contributed by atoms with Crippen molar-refractivity contribution in [2.45, 2.75) is 6.92 Å². The first-order valence-electron chi connectivity index (χ1n) is 4.13. The summed E-state index contributed by atoms with van der Waals surface area (Å²) < 4.78 is 0. The zero-order valence-electron chi connectivity index (χ0n) is 8.07. The molecule has 0 aromatic carbocycles. The summed E-state index contributed by atoms with van der Waals surface area (Å²) in [5.74, 6) is -0.0202. The molecule has 0 fully saturated rings. The smallest absolute Gasteiger partial charge is 0.235 e. The Morgan fingerprint density at radius 2 is 2.07 bits per heavy atom. The highest BCUT2D eigenvalue weighted by Crippen LogP contribution is 2.17. The Hall–Kier alpha value is -1.13. The molecule has 0 unspecified atom stereocenters. The zero-order valence-corrected chi connectivity index (χ0v) is 9.59. The topological polar surface area (TPSA) is 46.1 Å². The van der Waals surface area contributed by atoms with Gasteiger partial charge in [0.1, 0.15) is 10.3 Å². The number of aromatic nitrogens is 2. The van der Waals surface area contributed by atoms with Crippen LogP contribution in [-0.2, 0) is 4.79 Å². The van der Waals surface area contributed by atoms with E-state index in [4.69, 9.17) is 23.2 Å². The molecule has 0 bridgehead atoms. The summed E-state index contributed by atoms with van der Waals surface area (Å²) >= 11 is 11.4. The highest BCUT2D eigenvalue weighted by molar-refractivity contribution is 6.33. The maximum absolute atomic E-state index is 11.3. The van der Waals surface area contributed by atoms with Gasteiger partial charge >= 0.3 is 0 Å². The molecule has 80 valence electrons. The molecular weight excluding hydrogens is 237 g/mol. The Bertz CT molecular complexity index is 375. The van der Waals surface area contributed by atoms with Crippen LogP contribution in [0.25, 0.3) is 0 Å². The molecule has 0 aliphatic rings. The predicted molar refractivity (Wildman–Crippen MR) is 60.3 cm³/mol. The lowest BCUT2D eigenvalue weighted by molar-refractivity contribution is -0.116. The van der Waals surface area contributed by atoms with Crippen molar-refractivity contribution in [1.29, 1.82) is 0 Å². The summed E-state index contributed by atoms with van der Waals surface area (Å²) in [5, 5.41) is 0.389. The van der Waals surface area contributed by atoms with Crippen molar-refractivity contribution in [3.05, 3.63) is 29.0 Å². The summed E-state index contributed by atoms with van der Waals surface area (Å²) in [4.78, 5) is 20.4. The molecule has 15 heavy (non-hydrogen) atoms. The van der Waals surface area contributed by atoms with Gasteiger partial charge in [-0.05, 0) is 0 Å². The first-order chi connectivity index (χ1) is 7.04. The van der Waals surface area contributed by atoms with Gasteiger partial charge in [0.05, 0.1) is 0 Å². The van der Waals surface area contributed by atoms with Crippen molar-refractivity contribution in [1.82, 2.24) is 9.97 Å². The molecule has 0 saturated heterocycles. The molecule has 0 spiro atoms. The van der Waals surface area contributed by atoms with Gasteiger partial charge in [-0.25, -0.2) is 9.97 Å². The van der Waals surface area contributed by atoms with Crippen LogP contribution in [0.2, 0.25) is 10.3 Å². The fourth-order valence-corrected chi connectivity index (χ4v) is 1.39. The number of hydrogen-bond donors (Lipinski definition) is 0. The minimum Gasteiger partial charge on any atom is -0.277 e. The van der Waals surface area contributed by atoms with E-state index in [2.05, 4.69) is 16.5 Å². The summed E-state index contributed by atoms with van der Waals surface area (Å²) in [5.41, 5.74) is 0. The summed E-state index contributed by atoms with van der Waals surface area (Å²) in [6.07, 6.45) is 1.57. The third-order valence-corrected chi connectivity index (χ3v) is 1.97. The Kier molecular flexibility index (Phi) is 4.05. The van der Waals surface area contributed by atoms with Crippen LogP contribution < -0.4 is 4.90 Å². The van der Waals surface area contributed by atoms with Gasteiger partial charge in [0.2, 0.25) is 11.9 Å². The van der Waals surface area contributed by atoms with Crippen LogP contribution in [-0.4, -0.2) is 22.4 Å². The van der Waals surface area contributed by atoms with E-state index in [1.165, 1.54) is 17.9 Å². The molecule has 0 atom stereocenters. The van der Waals surface area contributed by atoms with Crippen molar-refractivity contribution in [2.24, 2.45) is 0 Å². The number of hydrogen-bond acceptors (Lipinski definition) is 3. The molecule has 1 amide bonds. The molecule has 0 aliphatic heterocycles. The van der Waals surface area contributed by atoms with E-state index in [-0.39, 0.29) is 22.2 Å². The summed E-state index contributed by atoms with van der Waals surface area (Å²) in [6, 6.07) is 1.40. The lowest BCUT2D eigenvalue weighted by Crippen LogP contribution is -2.30. The van der Waals surface area contributed by atoms with E-state index in [1.54, 1.807) is 6.08 Å². The van der Waals surface area contributed by atoms with Crippen LogP contribution in [0.1, 0.15) is 6.92 Å². The van der Waals surface area contributed by atoms with Crippen molar-refractivity contribution in [2.75, 3.05) is 11.4 Å². The number of nitrogens with zero attached hydrogens (tertiary/aromatic N) is 3. The number of rotatable bonds is 3. The van der Waals surface area contributed by atoms with Crippen molar-refractivity contribution < 1.29 is 4.79 Å². The van der Waals surface area contributed by atoms with E-state index in [1.807, 2.05) is 0 Å². The van der Waals surface area contributed by atoms with Gasteiger partial charge < -0.3 is 0 Å². The van der Waals surface area contributed by atoms with Gasteiger partial charge in [0.15, 0.2) is 0 Å². The van der Waals surface area contributed by atoms with E-state index >= 15 is 0 Å². The zero-order chi connectivity index (χ0) is 11.4. The SMILES string of the molecule is C=CCN(C(C)=O)c1nc(Cl)cc(Cl)n1. The monoisotopic (exact) mass is 245 g/mol. The minimum absolute atomic E-state index is 0.180. The lowest BCUT2D eigenvalue weighted by atomic mass is 10.5. The van der Waals surface area contributed by atoms with Gasteiger partial charge in [-0.1, -0.05) is 29.3 Å². The average molecular weight is 246 g/mol. The fourth-order valence-electron chi connectivity index (χ4n) is 0.980. The second kappa shape index (κ2) is 5.09. The third kappa shape index (κ3) is 3.18. The standard InChI is InChI=1S/C9H9Cl2N3O/c1-3-4-14(6(2)15)9-12-7(10)5-8(11)13-9/h3,5H,1,4H2,2H3. The first kappa shape index (κ1) is 11.9. The molecule has 1 heterocycles. The molecule has 1 aromatic rings. The molecule has 0 N–H and O–H groups in total. The molecule has 0 radical (unpaired) electrons. The number of carbonyl (C=O) groups is 1. The second-order valence-electron chi connectivity index (χ2n) is 2.73. The summed E-state index contributed by atoms with van der Waals surface area (Å²) in [7, 11) is 0. The van der Waals surface area contributed by atoms with Crippen LogP contribution in [0.3, 0.4) is 0 Å². The summed E-state index contributed by atoms with van der Waals surface area (Å²) in [6.45, 7) is 5.25. The Balaban J connectivity index is 3.10. The third-order valence-electron chi connectivity index (χ3n) is 1.59. The number of anilines is 1. The van der Waals surface area contributed by atoms with Crippen LogP contribution in [0.4, 0.5) is 5.95 Å². The Morgan fingerprint density at radius 1 is 1.53 bits per heavy atom. The Labute approximate surface area is 97.5 Å². The first-order valence-corrected chi connectivity index (χ1v) is 4.89. The predicted octanol–water partition coefficient (Wildman–Crippen LogP) is 2.32. The van der Waals surface area contributed by atoms with E-state index in [9.17, 15) is 4.79 Å². The van der Waals surface area contributed by atoms with Crippen molar-refractivity contribution in [3.8, 4) is 0 Å². The molecule has 1 rings (SSSR count). The molecule has 0 aliphatic carbocycles. The number of carbonyl (C=O) groups excluding carboxylic acids is 1. The lowest BCUT2D eigenvalue weighted by Gasteiger charge is -2.16. The molecular formula is C9H9Cl2N3O. The fraction of sp³-hybridized carbons (Fsp3) is 0.222. The van der Waals surface area contributed by atoms with Gasteiger partial charge in [-0.15, -0.1) is 6.58 Å². The quantitative estimate of drug-likeness (QED) is 0.607. The highest BCUT2D eigenvalue weighted by Gasteiger charge is 2.14. The van der Waals surface area contributed by atoms with Crippen LogP contribution in [0, 0.1) is 0 Å². The molecule has 6 heteroatoms. The average Bonchev–Trinajstić information content (AvgIpc) is 2.11. The van der Waals surface area contributed by atoms with Gasteiger partial charge in [-0.2, -0.15) is 0 Å². The largest absolute Gasteiger partial charge is 0.277 e. The van der Waals surface area contributed by atoms with Gasteiger partial charge in [-0.3, -0.25) is 9.69 Å². The van der Waals surface area contributed by atoms with Crippen molar-refractivity contribution >= 4 is 35.1 Å². The number of amides is 1. The van der Waals surface area contributed by atoms with E-state index in [0.717, 1.165) is 0 Å². The second-order valence-corrected chi connectivity index (χ2v) is 3.51. The van der Waals surface area contributed by atoms with E-state index < -0.39 is 0 Å². The minimum atomic E-state index is -0.201.